The highest BCUT2D eigenvalue weighted by Gasteiger charge is 2.07. The van der Waals surface area contributed by atoms with Crippen molar-refractivity contribution in [2.24, 2.45) is 0 Å². The Bertz CT molecular complexity index is 932. The van der Waals surface area contributed by atoms with Crippen molar-refractivity contribution in [2.45, 2.75) is 32.3 Å². The Labute approximate surface area is 164 Å². The molecule has 3 rings (SSSR count). The Morgan fingerprint density at radius 2 is 1.79 bits per heavy atom. The summed E-state index contributed by atoms with van der Waals surface area (Å²) in [6, 6.07) is 15.7. The maximum absolute atomic E-state index is 14.0. The lowest BCUT2D eigenvalue weighted by Crippen LogP contribution is -1.97. The second kappa shape index (κ2) is 9.29. The maximum Gasteiger partial charge on any atom is 0.134 e. The van der Waals surface area contributed by atoms with Gasteiger partial charge in [0, 0.05) is 23.4 Å². The fraction of sp³-hybridized carbons (Fsp3) is 0.208. The van der Waals surface area contributed by atoms with Crippen LogP contribution in [0.1, 0.15) is 31.7 Å². The van der Waals surface area contributed by atoms with Gasteiger partial charge in [0.2, 0.25) is 0 Å². The molecule has 144 valence electrons. The van der Waals surface area contributed by atoms with Crippen LogP contribution < -0.4 is 0 Å². The molecule has 2 aromatic carbocycles. The summed E-state index contributed by atoms with van der Waals surface area (Å²) in [5.74, 6) is -0.533. The largest absolute Gasteiger partial charge is 0.508 e. The summed E-state index contributed by atoms with van der Waals surface area (Å²) in [5, 5.41) is 18.6. The first-order valence-corrected chi connectivity index (χ1v) is 9.43. The number of hydrogen-bond acceptors (Lipinski definition) is 3. The van der Waals surface area contributed by atoms with Gasteiger partial charge in [-0.3, -0.25) is 4.98 Å². The third kappa shape index (κ3) is 5.27. The minimum Gasteiger partial charge on any atom is -0.508 e. The number of rotatable bonds is 7. The molecule has 0 aliphatic rings. The molecule has 3 aromatic rings. The lowest BCUT2D eigenvalue weighted by Gasteiger charge is -2.06. The number of halogens is 1. The summed E-state index contributed by atoms with van der Waals surface area (Å²) < 4.78 is 14.0. The highest BCUT2D eigenvalue weighted by molar-refractivity contribution is 5.70. The van der Waals surface area contributed by atoms with Gasteiger partial charge in [0.05, 0.1) is 11.8 Å². The lowest BCUT2D eigenvalue weighted by molar-refractivity contribution is 0.182. The smallest absolute Gasteiger partial charge is 0.134 e. The molecule has 1 atom stereocenters. The molecule has 0 fully saturated rings. The average molecular weight is 377 g/mol. The van der Waals surface area contributed by atoms with E-state index >= 15 is 0 Å². The minimum atomic E-state index is -0.449. The highest BCUT2D eigenvalue weighted by atomic mass is 19.1. The van der Waals surface area contributed by atoms with E-state index < -0.39 is 5.82 Å². The molecule has 0 spiro atoms. The van der Waals surface area contributed by atoms with Gasteiger partial charge in [-0.25, -0.2) is 4.39 Å². The molecule has 1 unspecified atom stereocenters. The first-order valence-electron chi connectivity index (χ1n) is 9.43. The molecule has 0 radical (unpaired) electrons. The Balaban J connectivity index is 1.66. The van der Waals surface area contributed by atoms with Gasteiger partial charge in [0.15, 0.2) is 0 Å². The number of benzene rings is 2. The van der Waals surface area contributed by atoms with Gasteiger partial charge < -0.3 is 10.2 Å². The van der Waals surface area contributed by atoms with E-state index in [1.807, 2.05) is 48.7 Å². The van der Waals surface area contributed by atoms with Crippen molar-refractivity contribution in [1.29, 1.82) is 0 Å². The number of aromatic hydroxyl groups is 1. The molecule has 4 heteroatoms. The van der Waals surface area contributed by atoms with Crippen molar-refractivity contribution in [2.75, 3.05) is 0 Å². The number of phenolic OH excluding ortho intramolecular Hbond substituents is 1. The molecule has 28 heavy (non-hydrogen) atoms. The van der Waals surface area contributed by atoms with E-state index in [9.17, 15) is 14.6 Å². The van der Waals surface area contributed by atoms with Crippen molar-refractivity contribution in [3.63, 3.8) is 0 Å². The summed E-state index contributed by atoms with van der Waals surface area (Å²) in [5.41, 5.74) is 4.04. The van der Waals surface area contributed by atoms with Gasteiger partial charge in [-0.2, -0.15) is 0 Å². The van der Waals surface area contributed by atoms with Crippen molar-refractivity contribution < 1.29 is 14.6 Å². The predicted molar refractivity (Wildman–Crippen MR) is 111 cm³/mol. The Morgan fingerprint density at radius 1 is 1.04 bits per heavy atom. The number of phenols is 1. The number of aliphatic hydroxyl groups excluding tert-OH is 1. The average Bonchev–Trinajstić information content (AvgIpc) is 2.68. The van der Waals surface area contributed by atoms with Gasteiger partial charge in [-0.15, -0.1) is 0 Å². The van der Waals surface area contributed by atoms with Gasteiger partial charge in [0.25, 0.3) is 0 Å². The molecular weight excluding hydrogens is 353 g/mol. The Kier molecular flexibility index (Phi) is 6.56. The van der Waals surface area contributed by atoms with Crippen LogP contribution >= 0.6 is 0 Å². The summed E-state index contributed by atoms with van der Waals surface area (Å²) in [6.45, 7) is 1.81. The molecular formula is C24H24FNO2. The fourth-order valence-corrected chi connectivity index (χ4v) is 2.98. The van der Waals surface area contributed by atoms with Crippen molar-refractivity contribution in [1.82, 2.24) is 4.98 Å². The zero-order chi connectivity index (χ0) is 19.9. The quantitative estimate of drug-likeness (QED) is 0.510. The van der Waals surface area contributed by atoms with Crippen molar-refractivity contribution in [3.05, 3.63) is 78.3 Å². The summed E-state index contributed by atoms with van der Waals surface area (Å²) in [4.78, 5) is 4.51. The molecule has 0 aliphatic heterocycles. The summed E-state index contributed by atoms with van der Waals surface area (Å²) >= 11 is 0. The third-order valence-corrected chi connectivity index (χ3v) is 4.53. The fourth-order valence-electron chi connectivity index (χ4n) is 2.98. The maximum atomic E-state index is 14.0. The van der Waals surface area contributed by atoms with E-state index in [4.69, 9.17) is 0 Å². The molecule has 3 nitrogen and oxygen atoms in total. The normalized spacial score (nSPS) is 12.4. The van der Waals surface area contributed by atoms with Crippen LogP contribution in [-0.4, -0.2) is 21.3 Å². The number of aromatic nitrogens is 1. The zero-order valence-corrected chi connectivity index (χ0v) is 15.8. The SMILES string of the molecule is CC(O)CCCC=Cc1ccc(-c2ccc(-c3ccc(O)cc3F)cc2)nc1. The first kappa shape index (κ1) is 19.8. The second-order valence-electron chi connectivity index (χ2n) is 6.90. The third-order valence-electron chi connectivity index (χ3n) is 4.53. The van der Waals surface area contributed by atoms with Gasteiger partial charge >= 0.3 is 0 Å². The lowest BCUT2D eigenvalue weighted by atomic mass is 10.0. The van der Waals surface area contributed by atoms with Crippen LogP contribution in [-0.2, 0) is 0 Å². The monoisotopic (exact) mass is 377 g/mol. The molecule has 1 aromatic heterocycles. The topological polar surface area (TPSA) is 53.4 Å². The number of pyridine rings is 1. The molecule has 0 aliphatic carbocycles. The van der Waals surface area contributed by atoms with Gasteiger partial charge in [0.1, 0.15) is 11.6 Å². The Hall–Kier alpha value is -2.98. The number of aliphatic hydroxyl groups is 1. The zero-order valence-electron chi connectivity index (χ0n) is 15.8. The first-order chi connectivity index (χ1) is 13.5. The van der Waals surface area contributed by atoms with E-state index in [-0.39, 0.29) is 11.9 Å². The van der Waals surface area contributed by atoms with Crippen molar-refractivity contribution >= 4 is 6.08 Å². The molecule has 0 saturated carbocycles. The van der Waals surface area contributed by atoms with Crippen LogP contribution in [0.3, 0.4) is 0 Å². The standard InChI is InChI=1S/C24H24FNO2/c1-17(27)5-3-2-4-6-18-7-14-24(26-16-18)20-10-8-19(9-11-20)22-13-12-21(28)15-23(22)25/h4,6-17,27-28H,2-3,5H2,1H3. The number of unbranched alkanes of at least 4 members (excludes halogenated alkanes) is 1. The van der Waals surface area contributed by atoms with Crippen LogP contribution in [0, 0.1) is 5.82 Å². The van der Waals surface area contributed by atoms with E-state index in [2.05, 4.69) is 11.1 Å². The minimum absolute atomic E-state index is 0.0841. The van der Waals surface area contributed by atoms with Crippen LogP contribution in [0.25, 0.3) is 28.5 Å². The summed E-state index contributed by atoms with van der Waals surface area (Å²) in [7, 11) is 0. The molecule has 0 amide bonds. The molecule has 1 heterocycles. The van der Waals surface area contributed by atoms with Crippen LogP contribution in [0.4, 0.5) is 4.39 Å². The van der Waals surface area contributed by atoms with E-state index in [0.717, 1.165) is 47.7 Å². The molecule has 0 saturated heterocycles. The van der Waals surface area contributed by atoms with Crippen LogP contribution in [0.5, 0.6) is 5.75 Å². The predicted octanol–water partition coefficient (Wildman–Crippen LogP) is 5.82. The van der Waals surface area contributed by atoms with E-state index in [1.54, 1.807) is 13.0 Å². The van der Waals surface area contributed by atoms with Crippen LogP contribution in [0.2, 0.25) is 0 Å². The van der Waals surface area contributed by atoms with E-state index in [1.165, 1.54) is 6.07 Å². The Morgan fingerprint density at radius 3 is 2.43 bits per heavy atom. The van der Waals surface area contributed by atoms with Crippen LogP contribution in [0.15, 0.2) is 66.9 Å². The highest BCUT2D eigenvalue weighted by Crippen LogP contribution is 2.28. The molecule has 2 N–H and O–H groups in total. The number of hydrogen-bond donors (Lipinski definition) is 2. The van der Waals surface area contributed by atoms with Gasteiger partial charge in [-0.05, 0) is 55.5 Å². The van der Waals surface area contributed by atoms with Crippen molar-refractivity contribution in [3.8, 4) is 28.1 Å². The molecule has 0 bridgehead atoms. The number of allylic oxidation sites excluding steroid dienone is 1. The number of nitrogens with zero attached hydrogens (tertiary/aromatic N) is 1. The second-order valence-corrected chi connectivity index (χ2v) is 6.90. The van der Waals surface area contributed by atoms with E-state index in [0.29, 0.717) is 5.56 Å². The van der Waals surface area contributed by atoms with Gasteiger partial charge in [-0.1, -0.05) is 42.5 Å². The summed E-state index contributed by atoms with van der Waals surface area (Å²) in [6.07, 6.45) is 8.43.